The minimum absolute atomic E-state index is 0.105. The predicted molar refractivity (Wildman–Crippen MR) is 108 cm³/mol. The number of nitrogens with zero attached hydrogens (tertiary/aromatic N) is 2. The van der Waals surface area contributed by atoms with Crippen molar-refractivity contribution in [2.24, 2.45) is 0 Å². The second-order valence-corrected chi connectivity index (χ2v) is 6.20. The Morgan fingerprint density at radius 1 is 1.03 bits per heavy atom. The Balaban J connectivity index is 1.86. The van der Waals surface area contributed by atoms with E-state index >= 15 is 0 Å². The van der Waals surface area contributed by atoms with Crippen molar-refractivity contribution in [2.45, 2.75) is 6.92 Å². The molecule has 0 saturated carbocycles. The molecule has 0 aliphatic carbocycles. The number of hydrogen-bond acceptors (Lipinski definition) is 5. The molecule has 150 valence electrons. The van der Waals surface area contributed by atoms with E-state index in [2.05, 4.69) is 20.9 Å². The second-order valence-electron chi connectivity index (χ2n) is 6.20. The van der Waals surface area contributed by atoms with E-state index in [0.717, 1.165) is 0 Å². The van der Waals surface area contributed by atoms with Crippen LogP contribution in [0.3, 0.4) is 0 Å². The Morgan fingerprint density at radius 3 is 2.52 bits per heavy atom. The van der Waals surface area contributed by atoms with E-state index in [1.165, 1.54) is 6.92 Å². The molecule has 2 aromatic heterocycles. The Bertz CT molecular complexity index is 1060. The van der Waals surface area contributed by atoms with Crippen LogP contribution in [0.15, 0.2) is 48.7 Å². The zero-order chi connectivity index (χ0) is 20.8. The van der Waals surface area contributed by atoms with Crippen molar-refractivity contribution < 1.29 is 19.1 Å². The van der Waals surface area contributed by atoms with Gasteiger partial charge in [-0.2, -0.15) is 0 Å². The third-order valence-electron chi connectivity index (χ3n) is 4.00. The standard InChI is InChI=1S/C20H21N5O4/c1-13(26)22-14-6-5-7-15(12-14)23-19(27)17-16-8-3-4-10-25(16)18(24-17)20(28)21-9-11-29-2/h3-8,10,12H,9,11H2,1-2H3,(H,21,28)(H,22,26)(H,23,27). The van der Waals surface area contributed by atoms with Crippen LogP contribution in [0.25, 0.3) is 5.52 Å². The first-order valence-corrected chi connectivity index (χ1v) is 8.93. The molecule has 0 bridgehead atoms. The van der Waals surface area contributed by atoms with Gasteiger partial charge in [0, 0.05) is 38.1 Å². The van der Waals surface area contributed by atoms with E-state index in [9.17, 15) is 14.4 Å². The quantitative estimate of drug-likeness (QED) is 0.529. The number of anilines is 2. The summed E-state index contributed by atoms with van der Waals surface area (Å²) in [5.74, 6) is -0.980. The molecule has 0 saturated heterocycles. The SMILES string of the molecule is COCCNC(=O)c1nc(C(=O)Nc2cccc(NC(C)=O)c2)c2ccccn12. The maximum absolute atomic E-state index is 12.8. The topological polar surface area (TPSA) is 114 Å². The molecule has 3 N–H and O–H groups in total. The summed E-state index contributed by atoms with van der Waals surface area (Å²) in [7, 11) is 1.54. The smallest absolute Gasteiger partial charge is 0.287 e. The van der Waals surface area contributed by atoms with Gasteiger partial charge in [-0.15, -0.1) is 0 Å². The van der Waals surface area contributed by atoms with Gasteiger partial charge in [0.05, 0.1) is 12.1 Å². The first kappa shape index (κ1) is 20.0. The number of ether oxygens (including phenoxy) is 1. The molecule has 0 atom stereocenters. The van der Waals surface area contributed by atoms with E-state index in [1.807, 2.05) is 0 Å². The van der Waals surface area contributed by atoms with Gasteiger partial charge in [-0.3, -0.25) is 18.8 Å². The summed E-state index contributed by atoms with van der Waals surface area (Å²) in [4.78, 5) is 40.8. The fourth-order valence-electron chi connectivity index (χ4n) is 2.78. The van der Waals surface area contributed by atoms with Crippen molar-refractivity contribution in [1.82, 2.24) is 14.7 Å². The van der Waals surface area contributed by atoms with Crippen LogP contribution in [0.5, 0.6) is 0 Å². The van der Waals surface area contributed by atoms with Crippen LogP contribution < -0.4 is 16.0 Å². The fourth-order valence-corrected chi connectivity index (χ4v) is 2.78. The number of carbonyl (C=O) groups is 3. The minimum atomic E-state index is -0.468. The Kier molecular flexibility index (Phi) is 6.20. The number of carbonyl (C=O) groups excluding carboxylic acids is 3. The maximum atomic E-state index is 12.8. The fraction of sp³-hybridized carbons (Fsp3) is 0.200. The van der Waals surface area contributed by atoms with Gasteiger partial charge in [0.15, 0.2) is 5.69 Å². The lowest BCUT2D eigenvalue weighted by Crippen LogP contribution is -2.28. The van der Waals surface area contributed by atoms with Crippen LogP contribution in [-0.4, -0.2) is 47.4 Å². The Morgan fingerprint density at radius 2 is 1.79 bits per heavy atom. The second kappa shape index (κ2) is 8.98. The predicted octanol–water partition coefficient (Wildman–Crippen LogP) is 1.92. The maximum Gasteiger partial charge on any atom is 0.287 e. The summed E-state index contributed by atoms with van der Waals surface area (Å²) in [6.07, 6.45) is 1.67. The number of hydrogen-bond donors (Lipinski definition) is 3. The van der Waals surface area contributed by atoms with E-state index in [-0.39, 0.29) is 17.4 Å². The lowest BCUT2D eigenvalue weighted by atomic mass is 10.2. The molecule has 3 amide bonds. The largest absolute Gasteiger partial charge is 0.383 e. The number of amides is 3. The summed E-state index contributed by atoms with van der Waals surface area (Å²) in [6.45, 7) is 2.10. The van der Waals surface area contributed by atoms with Gasteiger partial charge in [-0.05, 0) is 30.3 Å². The first-order chi connectivity index (χ1) is 14.0. The van der Waals surface area contributed by atoms with Crippen molar-refractivity contribution in [3.05, 3.63) is 60.2 Å². The molecule has 1 aromatic carbocycles. The number of rotatable bonds is 7. The van der Waals surface area contributed by atoms with Crippen molar-refractivity contribution in [3.8, 4) is 0 Å². The molecule has 3 aromatic rings. The highest BCUT2D eigenvalue weighted by atomic mass is 16.5. The van der Waals surface area contributed by atoms with Gasteiger partial charge >= 0.3 is 0 Å². The molecule has 0 spiro atoms. The molecule has 0 aliphatic heterocycles. The molecule has 3 rings (SSSR count). The molecule has 0 unspecified atom stereocenters. The van der Waals surface area contributed by atoms with Crippen molar-refractivity contribution in [2.75, 3.05) is 30.9 Å². The Labute approximate surface area is 167 Å². The monoisotopic (exact) mass is 395 g/mol. The minimum Gasteiger partial charge on any atom is -0.383 e. The van der Waals surface area contributed by atoms with Crippen molar-refractivity contribution >= 4 is 34.6 Å². The highest BCUT2D eigenvalue weighted by Gasteiger charge is 2.21. The van der Waals surface area contributed by atoms with Crippen molar-refractivity contribution in [1.29, 1.82) is 0 Å². The molecule has 0 radical (unpaired) electrons. The highest BCUT2D eigenvalue weighted by Crippen LogP contribution is 2.18. The third-order valence-corrected chi connectivity index (χ3v) is 4.00. The van der Waals surface area contributed by atoms with E-state index in [1.54, 1.807) is 60.2 Å². The molecule has 9 heteroatoms. The molecule has 9 nitrogen and oxygen atoms in total. The van der Waals surface area contributed by atoms with Gasteiger partial charge in [-0.1, -0.05) is 12.1 Å². The summed E-state index contributed by atoms with van der Waals surface area (Å²) in [5, 5.41) is 8.11. The number of nitrogens with one attached hydrogen (secondary N) is 3. The van der Waals surface area contributed by atoms with Gasteiger partial charge < -0.3 is 20.7 Å². The number of fused-ring (bicyclic) bond motifs is 1. The molecular weight excluding hydrogens is 374 g/mol. The summed E-state index contributed by atoms with van der Waals surface area (Å²) in [6, 6.07) is 12.0. The summed E-state index contributed by atoms with van der Waals surface area (Å²) in [5.41, 5.74) is 1.67. The normalized spacial score (nSPS) is 10.6. The molecule has 2 heterocycles. The van der Waals surface area contributed by atoms with Gasteiger partial charge in [0.1, 0.15) is 0 Å². The lowest BCUT2D eigenvalue weighted by molar-refractivity contribution is -0.114. The van der Waals surface area contributed by atoms with Gasteiger partial charge in [0.25, 0.3) is 11.8 Å². The van der Waals surface area contributed by atoms with E-state index in [0.29, 0.717) is 30.0 Å². The average molecular weight is 395 g/mol. The van der Waals surface area contributed by atoms with E-state index in [4.69, 9.17) is 4.74 Å². The van der Waals surface area contributed by atoms with Crippen LogP contribution in [0, 0.1) is 0 Å². The van der Waals surface area contributed by atoms with Crippen molar-refractivity contribution in [3.63, 3.8) is 0 Å². The number of imidazole rings is 1. The number of aromatic nitrogens is 2. The van der Waals surface area contributed by atoms with Crippen LogP contribution in [0.2, 0.25) is 0 Å². The molecular formula is C20H21N5O4. The van der Waals surface area contributed by atoms with Crippen LogP contribution >= 0.6 is 0 Å². The number of pyridine rings is 1. The Hall–Kier alpha value is -3.72. The number of methoxy groups -OCH3 is 1. The average Bonchev–Trinajstić information content (AvgIpc) is 3.08. The van der Waals surface area contributed by atoms with Crippen LogP contribution in [0.1, 0.15) is 28.0 Å². The number of benzene rings is 1. The lowest BCUT2D eigenvalue weighted by Gasteiger charge is -2.07. The third kappa shape index (κ3) is 4.77. The van der Waals surface area contributed by atoms with Gasteiger partial charge in [0.2, 0.25) is 11.7 Å². The summed E-state index contributed by atoms with van der Waals surface area (Å²) < 4.78 is 6.49. The molecule has 0 fully saturated rings. The van der Waals surface area contributed by atoms with Crippen LogP contribution in [0.4, 0.5) is 11.4 Å². The van der Waals surface area contributed by atoms with Crippen LogP contribution in [-0.2, 0) is 9.53 Å². The highest BCUT2D eigenvalue weighted by molar-refractivity contribution is 6.09. The van der Waals surface area contributed by atoms with Gasteiger partial charge in [-0.25, -0.2) is 4.98 Å². The molecule has 0 aliphatic rings. The zero-order valence-corrected chi connectivity index (χ0v) is 16.1. The zero-order valence-electron chi connectivity index (χ0n) is 16.1. The first-order valence-electron chi connectivity index (χ1n) is 8.93. The molecule has 29 heavy (non-hydrogen) atoms. The van der Waals surface area contributed by atoms with E-state index < -0.39 is 11.8 Å². The summed E-state index contributed by atoms with van der Waals surface area (Å²) >= 11 is 0.